The predicted molar refractivity (Wildman–Crippen MR) is 150 cm³/mol. The Kier molecular flexibility index (Phi) is 7.46. The van der Waals surface area contributed by atoms with Crippen LogP contribution in [0.15, 0.2) is 65.0 Å². The van der Waals surface area contributed by atoms with Crippen LogP contribution in [0.4, 0.5) is 0 Å². The number of allylic oxidation sites excluding steroid dienone is 6. The van der Waals surface area contributed by atoms with Gasteiger partial charge in [-0.2, -0.15) is 0 Å². The molecule has 3 aliphatic rings. The average Bonchev–Trinajstić information content (AvgIpc) is 3.27. The lowest BCUT2D eigenvalue weighted by atomic mass is 9.39. The Morgan fingerprint density at radius 3 is 2.23 bits per heavy atom. The first-order chi connectivity index (χ1) is 18.2. The maximum absolute atomic E-state index is 15.0. The summed E-state index contributed by atoms with van der Waals surface area (Å²) in [6, 6.07) is 8.70. The van der Waals surface area contributed by atoms with E-state index in [0.29, 0.717) is 29.7 Å². The number of benzene rings is 1. The lowest BCUT2D eigenvalue weighted by molar-refractivity contribution is -0.332. The van der Waals surface area contributed by atoms with Crippen LogP contribution in [-0.2, 0) is 19.2 Å². The Morgan fingerprint density at radius 2 is 1.67 bits per heavy atom. The highest BCUT2D eigenvalue weighted by molar-refractivity contribution is 6.36. The van der Waals surface area contributed by atoms with E-state index in [1.54, 1.807) is 38.1 Å². The normalized spacial score (nSPS) is 29.5. The summed E-state index contributed by atoms with van der Waals surface area (Å²) < 4.78 is 6.45. The molecule has 210 valence electrons. The van der Waals surface area contributed by atoms with Crippen molar-refractivity contribution in [3.05, 3.63) is 70.5 Å². The highest BCUT2D eigenvalue weighted by Crippen LogP contribution is 2.69. The third-order valence-corrected chi connectivity index (χ3v) is 9.39. The van der Waals surface area contributed by atoms with Gasteiger partial charge in [0.2, 0.25) is 0 Å². The number of ketones is 3. The number of carbonyl (C=O) groups excluding carboxylic acids is 3. The molecule has 1 N–H and O–H groups in total. The van der Waals surface area contributed by atoms with Crippen molar-refractivity contribution in [2.75, 3.05) is 0 Å². The van der Waals surface area contributed by atoms with Crippen molar-refractivity contribution in [2.45, 2.75) is 92.8 Å². The Hall–Kier alpha value is -2.83. The summed E-state index contributed by atoms with van der Waals surface area (Å²) >= 11 is 0. The molecule has 1 heterocycles. The van der Waals surface area contributed by atoms with E-state index in [1.807, 2.05) is 53.7 Å². The second-order valence-electron chi connectivity index (χ2n) is 13.1. The molecule has 2 fully saturated rings. The zero-order chi connectivity index (χ0) is 29.0. The molecule has 39 heavy (non-hydrogen) atoms. The van der Waals surface area contributed by atoms with E-state index in [1.165, 1.54) is 0 Å². The van der Waals surface area contributed by atoms with Gasteiger partial charge in [0.1, 0.15) is 17.5 Å². The number of hydrogen-bond acceptors (Lipinski definition) is 6. The third-order valence-electron chi connectivity index (χ3n) is 9.39. The van der Waals surface area contributed by atoms with Crippen molar-refractivity contribution in [2.24, 2.45) is 22.2 Å². The lowest BCUT2D eigenvalue weighted by Gasteiger charge is -2.58. The molecule has 6 nitrogen and oxygen atoms in total. The van der Waals surface area contributed by atoms with Crippen molar-refractivity contribution in [1.82, 2.24) is 0 Å². The van der Waals surface area contributed by atoms with Gasteiger partial charge in [-0.15, -0.1) is 0 Å². The first kappa shape index (κ1) is 29.2. The van der Waals surface area contributed by atoms with Crippen LogP contribution >= 0.6 is 0 Å². The van der Waals surface area contributed by atoms with Gasteiger partial charge < -0.3 is 4.74 Å². The van der Waals surface area contributed by atoms with Gasteiger partial charge in [-0.1, -0.05) is 67.5 Å². The molecule has 2 aliphatic carbocycles. The second-order valence-corrected chi connectivity index (χ2v) is 13.1. The first-order valence-electron chi connectivity index (χ1n) is 13.9. The smallest absolute Gasteiger partial charge is 0.184 e. The van der Waals surface area contributed by atoms with Crippen LogP contribution in [0.3, 0.4) is 0 Å². The molecule has 4 rings (SSSR count). The van der Waals surface area contributed by atoms with Crippen LogP contribution in [-0.4, -0.2) is 34.3 Å². The molecule has 1 aliphatic heterocycles. The molecule has 0 aromatic heterocycles. The van der Waals surface area contributed by atoms with Crippen molar-refractivity contribution >= 4 is 17.3 Å². The minimum atomic E-state index is -1.90. The van der Waals surface area contributed by atoms with Crippen LogP contribution in [0.2, 0.25) is 0 Å². The Morgan fingerprint density at radius 1 is 1.05 bits per heavy atom. The first-order valence-corrected chi connectivity index (χ1v) is 13.9. The Bertz CT molecular complexity index is 1270. The minimum absolute atomic E-state index is 0.151. The minimum Gasteiger partial charge on any atom is -0.490 e. The van der Waals surface area contributed by atoms with Crippen molar-refractivity contribution < 1.29 is 29.3 Å². The molecule has 2 bridgehead atoms. The van der Waals surface area contributed by atoms with Crippen LogP contribution in [0, 0.1) is 22.2 Å². The van der Waals surface area contributed by atoms with E-state index in [2.05, 4.69) is 6.08 Å². The number of hydrogen-bond donors (Lipinski definition) is 1. The molecule has 6 heteroatoms. The highest BCUT2D eigenvalue weighted by Gasteiger charge is 2.77. The van der Waals surface area contributed by atoms with Crippen LogP contribution < -0.4 is 0 Å². The van der Waals surface area contributed by atoms with Gasteiger partial charge >= 0.3 is 0 Å². The number of fused-ring (bicyclic) bond motifs is 1. The molecule has 4 atom stereocenters. The maximum atomic E-state index is 15.0. The maximum Gasteiger partial charge on any atom is 0.184 e. The SMILES string of the molecule is CC(C)=CCC1=C2O[C@@H](C(C)(C)OO)C[C@@]23C[C@H](CC=C(C)C)C(C)(C)[C@@](C(=O)c2ccccc2)(C1=O)C3=O. The van der Waals surface area contributed by atoms with Crippen LogP contribution in [0.25, 0.3) is 0 Å². The lowest BCUT2D eigenvalue weighted by Crippen LogP contribution is -2.69. The number of carbonyl (C=O) groups is 3. The zero-order valence-electron chi connectivity index (χ0n) is 24.5. The van der Waals surface area contributed by atoms with Crippen LogP contribution in [0.5, 0.6) is 0 Å². The average molecular weight is 535 g/mol. The van der Waals surface area contributed by atoms with E-state index in [4.69, 9.17) is 9.62 Å². The molecule has 0 radical (unpaired) electrons. The van der Waals surface area contributed by atoms with E-state index < -0.39 is 39.5 Å². The van der Waals surface area contributed by atoms with Gasteiger partial charge in [-0.25, -0.2) is 4.89 Å². The zero-order valence-corrected chi connectivity index (χ0v) is 24.5. The number of rotatable bonds is 8. The summed E-state index contributed by atoms with van der Waals surface area (Å²) in [7, 11) is 0. The van der Waals surface area contributed by atoms with Crippen molar-refractivity contribution in [1.29, 1.82) is 0 Å². The Balaban J connectivity index is 2.06. The van der Waals surface area contributed by atoms with Gasteiger partial charge in [0.25, 0.3) is 0 Å². The summed E-state index contributed by atoms with van der Waals surface area (Å²) in [5.41, 5.74) is -2.27. The van der Waals surface area contributed by atoms with E-state index in [-0.39, 0.29) is 24.5 Å². The molecule has 1 aromatic carbocycles. The fourth-order valence-corrected chi connectivity index (χ4v) is 6.89. The largest absolute Gasteiger partial charge is 0.490 e. The molecule has 1 saturated carbocycles. The van der Waals surface area contributed by atoms with Gasteiger partial charge in [-0.05, 0) is 72.1 Å². The monoisotopic (exact) mass is 534 g/mol. The molecular formula is C33H42O6. The van der Waals surface area contributed by atoms with Gasteiger partial charge in [0.05, 0.1) is 5.41 Å². The quantitative estimate of drug-likeness (QED) is 0.126. The molecule has 1 spiro atoms. The van der Waals surface area contributed by atoms with E-state index in [9.17, 15) is 14.8 Å². The van der Waals surface area contributed by atoms with Gasteiger partial charge in [0, 0.05) is 17.6 Å². The topological polar surface area (TPSA) is 89.9 Å². The summed E-state index contributed by atoms with van der Waals surface area (Å²) in [5, 5.41) is 9.72. The Labute approximate surface area is 232 Å². The summed E-state index contributed by atoms with van der Waals surface area (Å²) in [6.45, 7) is 15.2. The summed E-state index contributed by atoms with van der Waals surface area (Å²) in [5.74, 6) is -1.07. The standard InChI is InChI=1S/C33H42O6/c1-20(2)14-16-23-18-32-19-25(31(7,8)39-37)38-28(32)24(17-15-21(3)4)27(35)33(29(32)36,30(23,5)6)26(34)22-12-10-9-11-13-22/h9-15,23,25,37H,16-19H2,1-8H3/t23-,25+,32-,33-/m0/s1. The summed E-state index contributed by atoms with van der Waals surface area (Å²) in [4.78, 5) is 49.3. The van der Waals surface area contributed by atoms with E-state index in [0.717, 1.165) is 11.1 Å². The van der Waals surface area contributed by atoms with Crippen molar-refractivity contribution in [3.63, 3.8) is 0 Å². The summed E-state index contributed by atoms with van der Waals surface area (Å²) in [6.07, 6.45) is 4.96. The van der Waals surface area contributed by atoms with Gasteiger partial charge in [0.15, 0.2) is 22.8 Å². The fourth-order valence-electron chi connectivity index (χ4n) is 6.89. The molecule has 0 amide bonds. The molecular weight excluding hydrogens is 492 g/mol. The molecule has 1 aromatic rings. The highest BCUT2D eigenvalue weighted by atomic mass is 17.1. The number of Topliss-reactive ketones (excluding diaryl/α,β-unsaturated/α-hetero) is 3. The molecule has 1 saturated heterocycles. The third kappa shape index (κ3) is 4.27. The van der Waals surface area contributed by atoms with Crippen molar-refractivity contribution in [3.8, 4) is 0 Å². The molecule has 0 unspecified atom stereocenters. The predicted octanol–water partition coefficient (Wildman–Crippen LogP) is 7.06. The fraction of sp³-hybridized carbons (Fsp3) is 0.545. The van der Waals surface area contributed by atoms with Crippen LogP contribution in [0.1, 0.15) is 91.4 Å². The number of ether oxygens (including phenoxy) is 1. The van der Waals surface area contributed by atoms with Gasteiger partial charge in [-0.3, -0.25) is 19.6 Å². The van der Waals surface area contributed by atoms with E-state index >= 15 is 4.79 Å². The second kappa shape index (κ2) is 9.97.